The lowest BCUT2D eigenvalue weighted by Gasteiger charge is -2.22. The molecule has 0 aliphatic rings. The van der Waals surface area contributed by atoms with Crippen LogP contribution in [0.15, 0.2) is 53.8 Å². The lowest BCUT2D eigenvalue weighted by molar-refractivity contribution is -0.117. The lowest BCUT2D eigenvalue weighted by Crippen LogP contribution is -2.34. The molecule has 0 aliphatic heterocycles. The SMILES string of the molecule is CCN(CC)c1ccc(-c2nnc(SC(C)(C)C(=O)Nc3ccccc3)n2CC)cn1. The Morgan fingerprint density at radius 3 is 2.35 bits per heavy atom. The van der Waals surface area contributed by atoms with E-state index in [-0.39, 0.29) is 5.91 Å². The quantitative estimate of drug-likeness (QED) is 0.487. The Bertz CT molecular complexity index is 997. The second kappa shape index (κ2) is 9.96. The molecule has 7 nitrogen and oxygen atoms in total. The van der Waals surface area contributed by atoms with Gasteiger partial charge in [0.15, 0.2) is 11.0 Å². The molecule has 0 aliphatic carbocycles. The summed E-state index contributed by atoms with van der Waals surface area (Å²) < 4.78 is 1.30. The van der Waals surface area contributed by atoms with E-state index >= 15 is 0 Å². The molecule has 1 aromatic carbocycles. The highest BCUT2D eigenvalue weighted by Gasteiger charge is 2.32. The molecule has 164 valence electrons. The molecular weight excluding hydrogens is 408 g/mol. The minimum absolute atomic E-state index is 0.0823. The molecule has 2 heterocycles. The van der Waals surface area contributed by atoms with Crippen molar-refractivity contribution < 1.29 is 4.79 Å². The molecule has 0 atom stereocenters. The van der Waals surface area contributed by atoms with E-state index in [0.717, 1.165) is 36.0 Å². The third-order valence-electron chi connectivity index (χ3n) is 5.05. The van der Waals surface area contributed by atoms with Crippen molar-refractivity contribution >= 4 is 29.2 Å². The number of hydrogen-bond donors (Lipinski definition) is 1. The predicted molar refractivity (Wildman–Crippen MR) is 127 cm³/mol. The molecule has 3 rings (SSSR count). The lowest BCUT2D eigenvalue weighted by atomic mass is 10.2. The van der Waals surface area contributed by atoms with Gasteiger partial charge in [0.2, 0.25) is 5.91 Å². The van der Waals surface area contributed by atoms with Gasteiger partial charge >= 0.3 is 0 Å². The van der Waals surface area contributed by atoms with Crippen LogP contribution in [0, 0.1) is 0 Å². The molecule has 8 heteroatoms. The number of nitrogens with one attached hydrogen (secondary N) is 1. The van der Waals surface area contributed by atoms with E-state index in [9.17, 15) is 4.79 Å². The zero-order chi connectivity index (χ0) is 22.4. The maximum absolute atomic E-state index is 12.9. The summed E-state index contributed by atoms with van der Waals surface area (Å²) in [6, 6.07) is 13.5. The van der Waals surface area contributed by atoms with Crippen LogP contribution in [0.4, 0.5) is 11.5 Å². The number of thioether (sulfide) groups is 1. The first-order valence-corrected chi connectivity index (χ1v) is 11.4. The summed E-state index contributed by atoms with van der Waals surface area (Å²) in [5, 5.41) is 12.5. The smallest absolute Gasteiger partial charge is 0.240 e. The summed E-state index contributed by atoms with van der Waals surface area (Å²) in [5.41, 5.74) is 1.68. The number of nitrogens with zero attached hydrogens (tertiary/aromatic N) is 5. The van der Waals surface area contributed by atoms with Crippen LogP contribution in [0.1, 0.15) is 34.6 Å². The predicted octanol–water partition coefficient (Wildman–Crippen LogP) is 4.72. The highest BCUT2D eigenvalue weighted by Crippen LogP contribution is 2.34. The Balaban J connectivity index is 1.80. The number of para-hydroxylation sites is 1. The summed E-state index contributed by atoms with van der Waals surface area (Å²) >= 11 is 1.40. The average Bonchev–Trinajstić information content (AvgIpc) is 3.17. The molecule has 0 saturated carbocycles. The van der Waals surface area contributed by atoms with E-state index in [0.29, 0.717) is 11.7 Å². The molecular formula is C23H30N6OS. The van der Waals surface area contributed by atoms with Gasteiger partial charge in [-0.15, -0.1) is 10.2 Å². The van der Waals surface area contributed by atoms with Crippen LogP contribution in [0.3, 0.4) is 0 Å². The van der Waals surface area contributed by atoms with Crippen molar-refractivity contribution in [2.75, 3.05) is 23.3 Å². The first-order chi connectivity index (χ1) is 14.9. The molecule has 0 unspecified atom stereocenters. The largest absolute Gasteiger partial charge is 0.357 e. The molecule has 1 N–H and O–H groups in total. The highest BCUT2D eigenvalue weighted by molar-refractivity contribution is 8.01. The molecule has 0 saturated heterocycles. The van der Waals surface area contributed by atoms with Crippen LogP contribution in [-0.2, 0) is 11.3 Å². The van der Waals surface area contributed by atoms with E-state index in [4.69, 9.17) is 0 Å². The second-order valence-corrected chi connectivity index (χ2v) is 9.15. The number of amides is 1. The highest BCUT2D eigenvalue weighted by atomic mass is 32.2. The Kier molecular flexibility index (Phi) is 7.33. The fraction of sp³-hybridized carbons (Fsp3) is 0.391. The van der Waals surface area contributed by atoms with Crippen molar-refractivity contribution in [1.29, 1.82) is 0 Å². The fourth-order valence-corrected chi connectivity index (χ4v) is 4.20. The normalized spacial score (nSPS) is 11.4. The number of pyridine rings is 1. The summed E-state index contributed by atoms with van der Waals surface area (Å²) in [5.74, 6) is 1.62. The van der Waals surface area contributed by atoms with Gasteiger partial charge in [-0.3, -0.25) is 4.79 Å². The average molecular weight is 439 g/mol. The van der Waals surface area contributed by atoms with E-state index in [1.165, 1.54) is 11.8 Å². The number of carbonyl (C=O) groups is 1. The van der Waals surface area contributed by atoms with Gasteiger partial charge in [-0.2, -0.15) is 0 Å². The van der Waals surface area contributed by atoms with Crippen LogP contribution >= 0.6 is 11.8 Å². The Hall–Kier alpha value is -2.87. The molecule has 31 heavy (non-hydrogen) atoms. The van der Waals surface area contributed by atoms with Crippen molar-refractivity contribution in [3.8, 4) is 11.4 Å². The molecule has 0 radical (unpaired) electrons. The number of rotatable bonds is 9. The van der Waals surface area contributed by atoms with Crippen molar-refractivity contribution in [3.63, 3.8) is 0 Å². The van der Waals surface area contributed by atoms with Gasteiger partial charge < -0.3 is 14.8 Å². The zero-order valence-corrected chi connectivity index (χ0v) is 19.6. The van der Waals surface area contributed by atoms with E-state index in [1.54, 1.807) is 0 Å². The van der Waals surface area contributed by atoms with Crippen molar-refractivity contribution in [2.45, 2.75) is 51.1 Å². The number of hydrogen-bond acceptors (Lipinski definition) is 6. The monoisotopic (exact) mass is 438 g/mol. The molecule has 0 spiro atoms. The Labute approximate surface area is 188 Å². The van der Waals surface area contributed by atoms with Gasteiger partial charge in [0.05, 0.1) is 4.75 Å². The van der Waals surface area contributed by atoms with Crippen molar-refractivity contribution in [2.24, 2.45) is 0 Å². The zero-order valence-electron chi connectivity index (χ0n) is 18.8. The maximum atomic E-state index is 12.9. The second-order valence-electron chi connectivity index (χ2n) is 7.56. The third kappa shape index (κ3) is 5.25. The molecule has 2 aromatic heterocycles. The number of benzene rings is 1. The van der Waals surface area contributed by atoms with Gasteiger partial charge in [0.1, 0.15) is 5.82 Å². The summed E-state index contributed by atoms with van der Waals surface area (Å²) in [6.07, 6.45) is 1.84. The maximum Gasteiger partial charge on any atom is 0.240 e. The molecule has 3 aromatic rings. The molecule has 0 fully saturated rings. The van der Waals surface area contributed by atoms with Crippen molar-refractivity contribution in [3.05, 3.63) is 48.7 Å². The molecule has 0 bridgehead atoms. The number of aromatic nitrogens is 4. The third-order valence-corrected chi connectivity index (χ3v) is 6.23. The van der Waals surface area contributed by atoms with Crippen LogP contribution < -0.4 is 10.2 Å². The van der Waals surface area contributed by atoms with Crippen LogP contribution in [0.5, 0.6) is 0 Å². The van der Waals surface area contributed by atoms with Gasteiger partial charge in [-0.25, -0.2) is 4.98 Å². The van der Waals surface area contributed by atoms with E-state index < -0.39 is 4.75 Å². The minimum atomic E-state index is -0.724. The van der Waals surface area contributed by atoms with Gasteiger partial charge in [0.25, 0.3) is 0 Å². The van der Waals surface area contributed by atoms with Gasteiger partial charge in [-0.05, 0) is 58.9 Å². The summed E-state index contributed by atoms with van der Waals surface area (Å²) in [4.78, 5) is 19.7. The fourth-order valence-electron chi connectivity index (χ4n) is 3.19. The minimum Gasteiger partial charge on any atom is -0.357 e. The standard InChI is InChI=1S/C23H30N6OS/c1-6-28(7-2)19-15-14-17(16-24-19)20-26-27-22(29(20)8-3)31-23(4,5)21(30)25-18-12-10-9-11-13-18/h9-16H,6-8H2,1-5H3,(H,25,30). The summed E-state index contributed by atoms with van der Waals surface area (Å²) in [7, 11) is 0. The Morgan fingerprint density at radius 1 is 1.06 bits per heavy atom. The van der Waals surface area contributed by atoms with Crippen LogP contribution in [-0.4, -0.2) is 43.5 Å². The van der Waals surface area contributed by atoms with E-state index in [1.807, 2.05) is 74.0 Å². The van der Waals surface area contributed by atoms with Gasteiger partial charge in [0, 0.05) is 37.1 Å². The first kappa shape index (κ1) is 22.8. The van der Waals surface area contributed by atoms with E-state index in [2.05, 4.69) is 39.2 Å². The topological polar surface area (TPSA) is 75.9 Å². The van der Waals surface area contributed by atoms with Crippen LogP contribution in [0.25, 0.3) is 11.4 Å². The first-order valence-electron chi connectivity index (χ1n) is 10.6. The number of carbonyl (C=O) groups excluding carboxylic acids is 1. The summed E-state index contributed by atoms with van der Waals surface area (Å²) in [6.45, 7) is 12.6. The van der Waals surface area contributed by atoms with Crippen molar-refractivity contribution in [1.82, 2.24) is 19.7 Å². The van der Waals surface area contributed by atoms with Crippen LogP contribution in [0.2, 0.25) is 0 Å². The molecule has 1 amide bonds. The Morgan fingerprint density at radius 2 is 1.77 bits per heavy atom. The van der Waals surface area contributed by atoms with Gasteiger partial charge in [-0.1, -0.05) is 30.0 Å². The number of anilines is 2.